The predicted molar refractivity (Wildman–Crippen MR) is 62.4 cm³/mol. The van der Waals surface area contributed by atoms with Crippen LogP contribution in [-0.4, -0.2) is 20.7 Å². The molecule has 0 aliphatic heterocycles. The van der Waals surface area contributed by atoms with Gasteiger partial charge in [0.05, 0.1) is 11.9 Å². The fourth-order valence-corrected chi connectivity index (χ4v) is 2.03. The van der Waals surface area contributed by atoms with Crippen LogP contribution < -0.4 is 11.1 Å². The third-order valence-electron chi connectivity index (χ3n) is 2.08. The van der Waals surface area contributed by atoms with E-state index >= 15 is 0 Å². The van der Waals surface area contributed by atoms with Crippen LogP contribution in [-0.2, 0) is 7.05 Å². The smallest absolute Gasteiger partial charge is 0.268 e. The Morgan fingerprint density at radius 2 is 2.38 bits per heavy atom. The van der Waals surface area contributed by atoms with Crippen molar-refractivity contribution >= 4 is 28.2 Å². The van der Waals surface area contributed by atoms with E-state index in [0.717, 1.165) is 0 Å². The Hall–Kier alpha value is -1.89. The molecule has 0 aliphatic rings. The largest absolute Gasteiger partial charge is 0.375 e. The number of carbonyl (C=O) groups excluding carboxylic acids is 1. The van der Waals surface area contributed by atoms with Crippen molar-refractivity contribution in [2.75, 3.05) is 11.1 Å². The molecule has 0 saturated heterocycles. The van der Waals surface area contributed by atoms with E-state index in [1.165, 1.54) is 11.3 Å². The number of nitrogens with zero attached hydrogens (tertiary/aromatic N) is 3. The lowest BCUT2D eigenvalue weighted by molar-refractivity contribution is 0.102. The van der Waals surface area contributed by atoms with Crippen molar-refractivity contribution in [3.8, 4) is 0 Å². The molecule has 0 aromatic carbocycles. The summed E-state index contributed by atoms with van der Waals surface area (Å²) in [6, 6.07) is 1.72. The molecular weight excluding hydrogens is 226 g/mol. The molecule has 0 fully saturated rings. The summed E-state index contributed by atoms with van der Waals surface area (Å²) in [5.74, 6) is 0.423. The minimum Gasteiger partial charge on any atom is -0.375 e. The summed E-state index contributed by atoms with van der Waals surface area (Å²) >= 11 is 1.18. The number of nitrogen functional groups attached to an aromatic ring is 1. The Morgan fingerprint density at radius 1 is 1.62 bits per heavy atom. The zero-order valence-electron chi connectivity index (χ0n) is 8.89. The van der Waals surface area contributed by atoms with Gasteiger partial charge in [0.15, 0.2) is 5.13 Å². The molecule has 0 atom stereocenters. The highest BCUT2D eigenvalue weighted by atomic mass is 32.1. The summed E-state index contributed by atoms with van der Waals surface area (Å²) in [5.41, 5.74) is 6.17. The number of hydrogen-bond acceptors (Lipinski definition) is 5. The van der Waals surface area contributed by atoms with E-state index in [1.807, 2.05) is 0 Å². The summed E-state index contributed by atoms with van der Waals surface area (Å²) in [5, 5.41) is 7.09. The summed E-state index contributed by atoms with van der Waals surface area (Å²) in [6.45, 7) is 1.75. The molecule has 2 aromatic rings. The number of nitrogens with one attached hydrogen (secondary N) is 1. The van der Waals surface area contributed by atoms with Gasteiger partial charge in [0, 0.05) is 13.1 Å². The van der Waals surface area contributed by atoms with Crippen molar-refractivity contribution in [1.29, 1.82) is 0 Å². The number of hydrogen-bond donors (Lipinski definition) is 2. The van der Waals surface area contributed by atoms with Gasteiger partial charge < -0.3 is 11.1 Å². The summed E-state index contributed by atoms with van der Waals surface area (Å²) in [7, 11) is 1.75. The molecule has 0 aliphatic carbocycles. The van der Waals surface area contributed by atoms with Gasteiger partial charge in [0.2, 0.25) is 0 Å². The van der Waals surface area contributed by atoms with E-state index in [-0.39, 0.29) is 5.91 Å². The topological polar surface area (TPSA) is 85.8 Å². The normalized spacial score (nSPS) is 10.4. The fourth-order valence-electron chi connectivity index (χ4n) is 1.30. The minimum absolute atomic E-state index is 0.213. The summed E-state index contributed by atoms with van der Waals surface area (Å²) < 4.78 is 1.58. The lowest BCUT2D eigenvalue weighted by Crippen LogP contribution is -2.14. The Morgan fingerprint density at radius 3 is 2.88 bits per heavy atom. The number of rotatable bonds is 2. The number of thiazole rings is 1. The third kappa shape index (κ3) is 1.89. The summed E-state index contributed by atoms with van der Waals surface area (Å²) in [4.78, 5) is 16.4. The first-order valence-corrected chi connectivity index (χ1v) is 5.42. The number of nitrogens with two attached hydrogens (primary N) is 1. The molecule has 2 rings (SSSR count). The Kier molecular flexibility index (Phi) is 2.61. The molecule has 0 spiro atoms. The molecule has 6 nitrogen and oxygen atoms in total. The number of amides is 1. The third-order valence-corrected chi connectivity index (χ3v) is 3.07. The second-order valence-corrected chi connectivity index (χ2v) is 4.29. The van der Waals surface area contributed by atoms with Crippen LogP contribution in [0.3, 0.4) is 0 Å². The predicted octanol–water partition coefficient (Wildman–Crippen LogP) is 1.02. The molecule has 2 heterocycles. The van der Waals surface area contributed by atoms with Gasteiger partial charge in [0.25, 0.3) is 5.91 Å². The first-order chi connectivity index (χ1) is 7.58. The highest BCUT2D eigenvalue weighted by Gasteiger charge is 2.15. The van der Waals surface area contributed by atoms with Gasteiger partial charge in [-0.15, -0.1) is 0 Å². The Labute approximate surface area is 96.1 Å². The first-order valence-electron chi connectivity index (χ1n) is 4.60. The molecule has 3 N–H and O–H groups in total. The quantitative estimate of drug-likeness (QED) is 0.816. The Bertz CT molecular complexity index is 530. The zero-order valence-corrected chi connectivity index (χ0v) is 9.71. The highest BCUT2D eigenvalue weighted by Crippen LogP contribution is 2.20. The fraction of sp³-hybridized carbons (Fsp3) is 0.222. The second-order valence-electron chi connectivity index (χ2n) is 3.26. The van der Waals surface area contributed by atoms with Crippen molar-refractivity contribution < 1.29 is 4.79 Å². The maximum Gasteiger partial charge on any atom is 0.268 e. The number of anilines is 2. The first kappa shape index (κ1) is 10.6. The molecule has 7 heteroatoms. The average molecular weight is 237 g/mol. The van der Waals surface area contributed by atoms with Crippen LogP contribution in [0.1, 0.15) is 15.4 Å². The maximum absolute atomic E-state index is 11.9. The van der Waals surface area contributed by atoms with Gasteiger partial charge in [-0.2, -0.15) is 5.10 Å². The molecule has 0 bridgehead atoms. The van der Waals surface area contributed by atoms with Crippen LogP contribution in [0, 0.1) is 6.92 Å². The van der Waals surface area contributed by atoms with Gasteiger partial charge in [-0.05, 0) is 6.92 Å². The highest BCUT2D eigenvalue weighted by molar-refractivity contribution is 7.17. The molecule has 84 valence electrons. The van der Waals surface area contributed by atoms with Gasteiger partial charge >= 0.3 is 0 Å². The van der Waals surface area contributed by atoms with Crippen LogP contribution in [0.25, 0.3) is 0 Å². The van der Waals surface area contributed by atoms with Crippen molar-refractivity contribution in [3.63, 3.8) is 0 Å². The lowest BCUT2D eigenvalue weighted by Gasteiger charge is -2.03. The van der Waals surface area contributed by atoms with Crippen molar-refractivity contribution in [3.05, 3.63) is 22.8 Å². The van der Waals surface area contributed by atoms with E-state index < -0.39 is 0 Å². The van der Waals surface area contributed by atoms with Crippen LogP contribution in [0.2, 0.25) is 0 Å². The van der Waals surface area contributed by atoms with Gasteiger partial charge in [0.1, 0.15) is 10.7 Å². The zero-order chi connectivity index (χ0) is 11.7. The molecular formula is C9H11N5OS. The van der Waals surface area contributed by atoms with Crippen LogP contribution in [0.4, 0.5) is 10.9 Å². The van der Waals surface area contributed by atoms with Crippen molar-refractivity contribution in [2.45, 2.75) is 6.92 Å². The standard InChI is InChI=1S/C9H11N5OS/c1-5-7(16-9(10)12-5)8(15)13-6-3-4-11-14(6)2/h3-4H,1-2H3,(H2,10,12)(H,13,15). The van der Waals surface area contributed by atoms with Crippen LogP contribution in [0.5, 0.6) is 0 Å². The second kappa shape index (κ2) is 3.93. The Balaban J connectivity index is 2.21. The molecule has 0 radical (unpaired) electrons. The SMILES string of the molecule is Cc1nc(N)sc1C(=O)Nc1ccnn1C. The maximum atomic E-state index is 11.9. The summed E-state index contributed by atoms with van der Waals surface area (Å²) in [6.07, 6.45) is 1.61. The van der Waals surface area contributed by atoms with Crippen LogP contribution >= 0.6 is 11.3 Å². The van der Waals surface area contributed by atoms with E-state index in [1.54, 1.807) is 30.9 Å². The van der Waals surface area contributed by atoms with E-state index in [2.05, 4.69) is 15.4 Å². The van der Waals surface area contributed by atoms with Crippen molar-refractivity contribution in [1.82, 2.24) is 14.8 Å². The minimum atomic E-state index is -0.213. The van der Waals surface area contributed by atoms with E-state index in [9.17, 15) is 4.79 Å². The molecule has 16 heavy (non-hydrogen) atoms. The molecule has 1 amide bonds. The van der Waals surface area contributed by atoms with Crippen LogP contribution in [0.15, 0.2) is 12.3 Å². The van der Waals surface area contributed by atoms with Gasteiger partial charge in [-0.25, -0.2) is 4.98 Å². The van der Waals surface area contributed by atoms with Crippen molar-refractivity contribution in [2.24, 2.45) is 7.05 Å². The molecule has 0 saturated carbocycles. The number of aryl methyl sites for hydroxylation is 2. The number of carbonyl (C=O) groups is 1. The van der Waals surface area contributed by atoms with E-state index in [4.69, 9.17) is 5.73 Å². The lowest BCUT2D eigenvalue weighted by atomic mass is 10.4. The van der Waals surface area contributed by atoms with Gasteiger partial charge in [-0.1, -0.05) is 11.3 Å². The molecule has 2 aromatic heterocycles. The average Bonchev–Trinajstić information content (AvgIpc) is 2.74. The van der Waals surface area contributed by atoms with E-state index in [0.29, 0.717) is 21.5 Å². The molecule has 0 unspecified atom stereocenters. The monoisotopic (exact) mass is 237 g/mol. The number of aromatic nitrogens is 3. The van der Waals surface area contributed by atoms with Gasteiger partial charge in [-0.3, -0.25) is 9.48 Å².